The topological polar surface area (TPSA) is 12.0 Å². The number of rotatable bonds is 6. The smallest absolute Gasteiger partial charge is 0.124 e. The van der Waals surface area contributed by atoms with Gasteiger partial charge in [0.1, 0.15) is 5.82 Å². The van der Waals surface area contributed by atoms with E-state index in [0.717, 1.165) is 16.5 Å². The molecule has 0 amide bonds. The summed E-state index contributed by atoms with van der Waals surface area (Å²) in [4.78, 5) is 0. The molecule has 0 aromatic heterocycles. The molecule has 1 aromatic carbocycles. The molecule has 1 N–H and O–H groups in total. The molecule has 1 aliphatic rings. The molecule has 118 valence electrons. The van der Waals surface area contributed by atoms with Gasteiger partial charge in [0.15, 0.2) is 0 Å². The maximum atomic E-state index is 13.6. The van der Waals surface area contributed by atoms with Gasteiger partial charge in [-0.1, -0.05) is 42.6 Å². The zero-order chi connectivity index (χ0) is 15.5. The third-order valence-corrected chi connectivity index (χ3v) is 5.32. The molecule has 0 bridgehead atoms. The van der Waals surface area contributed by atoms with Gasteiger partial charge in [-0.25, -0.2) is 4.39 Å². The van der Waals surface area contributed by atoms with Crippen molar-refractivity contribution in [2.45, 2.75) is 58.4 Å². The summed E-state index contributed by atoms with van der Waals surface area (Å²) >= 11 is 3.40. The van der Waals surface area contributed by atoms with Crippen LogP contribution in [0.15, 0.2) is 22.7 Å². The first-order valence-corrected chi connectivity index (χ1v) is 8.87. The van der Waals surface area contributed by atoms with E-state index < -0.39 is 0 Å². The van der Waals surface area contributed by atoms with E-state index in [1.807, 2.05) is 6.07 Å². The summed E-state index contributed by atoms with van der Waals surface area (Å²) in [6, 6.07) is 5.67. The van der Waals surface area contributed by atoms with E-state index in [1.165, 1.54) is 38.2 Å². The molecule has 21 heavy (non-hydrogen) atoms. The molecule has 1 aliphatic carbocycles. The van der Waals surface area contributed by atoms with E-state index in [4.69, 9.17) is 0 Å². The van der Waals surface area contributed by atoms with E-state index in [9.17, 15) is 4.39 Å². The molecule has 1 atom stereocenters. The fourth-order valence-corrected chi connectivity index (χ4v) is 4.69. The van der Waals surface area contributed by atoms with Crippen LogP contribution < -0.4 is 5.32 Å². The van der Waals surface area contributed by atoms with E-state index >= 15 is 0 Å². The molecule has 3 heteroatoms. The van der Waals surface area contributed by atoms with Gasteiger partial charge in [0.25, 0.3) is 0 Å². The lowest BCUT2D eigenvalue weighted by Gasteiger charge is -2.39. The average Bonchev–Trinajstić information content (AvgIpc) is 2.83. The number of hydrogen-bond acceptors (Lipinski definition) is 1. The first-order valence-electron chi connectivity index (χ1n) is 8.07. The standard InChI is InChI=1S/C18H27BrFN/c1-13(2)12-18(6-4-5-7-18)17(21-3)10-14-8-15(19)11-16(20)9-14/h8-9,11,13,17,21H,4-7,10,12H2,1-3H3. The molecule has 2 rings (SSSR count). The lowest BCUT2D eigenvalue weighted by atomic mass is 9.71. The Balaban J connectivity index is 2.20. The zero-order valence-electron chi connectivity index (χ0n) is 13.4. The number of hydrogen-bond donors (Lipinski definition) is 1. The molecule has 1 saturated carbocycles. The van der Waals surface area contributed by atoms with Gasteiger partial charge in [-0.2, -0.15) is 0 Å². The van der Waals surface area contributed by atoms with Gasteiger partial charge >= 0.3 is 0 Å². The minimum atomic E-state index is -0.154. The quantitative estimate of drug-likeness (QED) is 0.727. The normalized spacial score (nSPS) is 19.1. The van der Waals surface area contributed by atoms with Crippen LogP contribution in [0.3, 0.4) is 0 Å². The van der Waals surface area contributed by atoms with Crippen LogP contribution in [-0.2, 0) is 6.42 Å². The minimum absolute atomic E-state index is 0.154. The van der Waals surface area contributed by atoms with Crippen molar-refractivity contribution >= 4 is 15.9 Å². The predicted octanol–water partition coefficient (Wildman–Crippen LogP) is 5.33. The van der Waals surface area contributed by atoms with E-state index in [-0.39, 0.29) is 5.82 Å². The Morgan fingerprint density at radius 1 is 1.24 bits per heavy atom. The zero-order valence-corrected chi connectivity index (χ0v) is 15.0. The maximum Gasteiger partial charge on any atom is 0.124 e. The van der Waals surface area contributed by atoms with Crippen molar-refractivity contribution in [3.05, 3.63) is 34.1 Å². The molecular formula is C18H27BrFN. The van der Waals surface area contributed by atoms with Crippen molar-refractivity contribution < 1.29 is 4.39 Å². The Morgan fingerprint density at radius 2 is 1.90 bits per heavy atom. The van der Waals surface area contributed by atoms with Crippen molar-refractivity contribution in [3.63, 3.8) is 0 Å². The first-order chi connectivity index (χ1) is 9.95. The van der Waals surface area contributed by atoms with Crippen LogP contribution in [0.5, 0.6) is 0 Å². The molecule has 1 unspecified atom stereocenters. The van der Waals surface area contributed by atoms with Crippen molar-refractivity contribution in [2.75, 3.05) is 7.05 Å². The Morgan fingerprint density at radius 3 is 2.43 bits per heavy atom. The van der Waals surface area contributed by atoms with Crippen molar-refractivity contribution in [1.82, 2.24) is 5.32 Å². The molecule has 0 aliphatic heterocycles. The van der Waals surface area contributed by atoms with Crippen LogP contribution >= 0.6 is 15.9 Å². The van der Waals surface area contributed by atoms with E-state index in [2.05, 4.69) is 42.1 Å². The van der Waals surface area contributed by atoms with Crippen LogP contribution in [0, 0.1) is 17.2 Å². The van der Waals surface area contributed by atoms with Gasteiger partial charge < -0.3 is 5.32 Å². The third-order valence-electron chi connectivity index (χ3n) is 4.86. The predicted molar refractivity (Wildman–Crippen MR) is 91.0 cm³/mol. The summed E-state index contributed by atoms with van der Waals surface area (Å²) in [7, 11) is 2.05. The highest BCUT2D eigenvalue weighted by Crippen LogP contribution is 2.46. The van der Waals surface area contributed by atoms with Crippen LogP contribution in [0.4, 0.5) is 4.39 Å². The van der Waals surface area contributed by atoms with E-state index in [1.54, 1.807) is 6.07 Å². The van der Waals surface area contributed by atoms with Gasteiger partial charge in [-0.15, -0.1) is 0 Å². The van der Waals surface area contributed by atoms with Gasteiger partial charge in [0.05, 0.1) is 0 Å². The largest absolute Gasteiger partial charge is 0.316 e. The molecule has 0 heterocycles. The lowest BCUT2D eigenvalue weighted by Crippen LogP contribution is -2.44. The number of likely N-dealkylation sites (N-methyl/N-ethyl adjacent to an activating group) is 1. The van der Waals surface area contributed by atoms with E-state index in [0.29, 0.717) is 17.4 Å². The molecule has 0 spiro atoms. The number of nitrogens with one attached hydrogen (secondary N) is 1. The molecule has 1 fully saturated rings. The summed E-state index contributed by atoms with van der Waals surface area (Å²) in [5.41, 5.74) is 1.46. The minimum Gasteiger partial charge on any atom is -0.316 e. The Hall–Kier alpha value is -0.410. The van der Waals surface area contributed by atoms with Gasteiger partial charge in [0, 0.05) is 10.5 Å². The SMILES string of the molecule is CNC(Cc1cc(F)cc(Br)c1)C1(CC(C)C)CCCC1. The highest BCUT2D eigenvalue weighted by molar-refractivity contribution is 9.10. The monoisotopic (exact) mass is 355 g/mol. The fraction of sp³-hybridized carbons (Fsp3) is 0.667. The molecule has 0 radical (unpaired) electrons. The average molecular weight is 356 g/mol. The van der Waals surface area contributed by atoms with Crippen LogP contribution in [0.2, 0.25) is 0 Å². The summed E-state index contributed by atoms with van der Waals surface area (Å²) in [6.07, 6.45) is 7.42. The molecule has 0 saturated heterocycles. The Bertz CT molecular complexity index is 446. The summed E-state index contributed by atoms with van der Waals surface area (Å²) < 4.78 is 14.4. The Labute approximate surface area is 136 Å². The highest BCUT2D eigenvalue weighted by Gasteiger charge is 2.40. The highest BCUT2D eigenvalue weighted by atomic mass is 79.9. The molecule has 1 aromatic rings. The first kappa shape index (κ1) is 17.0. The second-order valence-corrected chi connectivity index (χ2v) is 7.91. The maximum absolute atomic E-state index is 13.6. The summed E-state index contributed by atoms with van der Waals surface area (Å²) in [5.74, 6) is 0.553. The number of benzene rings is 1. The lowest BCUT2D eigenvalue weighted by molar-refractivity contribution is 0.160. The fourth-order valence-electron chi connectivity index (χ4n) is 4.18. The molecular weight excluding hydrogens is 329 g/mol. The van der Waals surface area contributed by atoms with Crippen molar-refractivity contribution in [3.8, 4) is 0 Å². The number of halogens is 2. The molecule has 1 nitrogen and oxygen atoms in total. The van der Waals surface area contributed by atoms with Gasteiger partial charge in [-0.3, -0.25) is 0 Å². The Kier molecular flexibility index (Phi) is 5.84. The second kappa shape index (κ2) is 7.23. The second-order valence-electron chi connectivity index (χ2n) is 6.99. The van der Waals surface area contributed by atoms with Gasteiger partial charge in [-0.05, 0) is 67.8 Å². The van der Waals surface area contributed by atoms with Crippen molar-refractivity contribution in [2.24, 2.45) is 11.3 Å². The summed E-state index contributed by atoms with van der Waals surface area (Å²) in [6.45, 7) is 4.62. The van der Waals surface area contributed by atoms with Gasteiger partial charge in [0.2, 0.25) is 0 Å². The third kappa shape index (κ3) is 4.29. The van der Waals surface area contributed by atoms with Crippen molar-refractivity contribution in [1.29, 1.82) is 0 Å². The van der Waals surface area contributed by atoms with Crippen LogP contribution in [0.25, 0.3) is 0 Å². The summed E-state index contributed by atoms with van der Waals surface area (Å²) in [5, 5.41) is 3.54. The van der Waals surface area contributed by atoms with Crippen LogP contribution in [-0.4, -0.2) is 13.1 Å². The van der Waals surface area contributed by atoms with Crippen LogP contribution in [0.1, 0.15) is 51.5 Å².